The number of hydrogen-bond donors (Lipinski definition) is 0. The summed E-state index contributed by atoms with van der Waals surface area (Å²) in [6.07, 6.45) is 12.7. The number of allylic oxidation sites excluding steroid dienone is 4. The van der Waals surface area contributed by atoms with Gasteiger partial charge in [-0.05, 0) is 12.3 Å². The predicted molar refractivity (Wildman–Crippen MR) is 69.7 cm³/mol. The minimum absolute atomic E-state index is 0. The molecule has 0 nitrogen and oxygen atoms in total. The Hall–Kier alpha value is 0.293. The molecule has 1 aromatic carbocycles. The minimum Gasteiger partial charge on any atom is -1.00 e. The molecule has 19 heavy (non-hydrogen) atoms. The van der Waals surface area contributed by atoms with Crippen LogP contribution in [0.1, 0.15) is 56.1 Å². The van der Waals surface area contributed by atoms with E-state index < -0.39 is 0 Å². The first kappa shape index (κ1) is 21.6. The van der Waals surface area contributed by atoms with E-state index in [1.807, 2.05) is 12.2 Å². The fourth-order valence-corrected chi connectivity index (χ4v) is 2.50. The van der Waals surface area contributed by atoms with Gasteiger partial charge in [-0.25, -0.2) is 18.2 Å². The third kappa shape index (κ3) is 6.07. The van der Waals surface area contributed by atoms with E-state index in [2.05, 4.69) is 44.2 Å². The van der Waals surface area contributed by atoms with Gasteiger partial charge in [-0.3, -0.25) is 6.08 Å². The summed E-state index contributed by atoms with van der Waals surface area (Å²) in [7, 11) is 0. The third-order valence-electron chi connectivity index (χ3n) is 3.57. The van der Waals surface area contributed by atoms with Gasteiger partial charge in [-0.1, -0.05) is 26.2 Å². The van der Waals surface area contributed by atoms with Crippen LogP contribution >= 0.6 is 0 Å². The monoisotopic (exact) mass is 372 g/mol. The Balaban J connectivity index is 0. The normalized spacial score (nSPS) is 22.0. The van der Waals surface area contributed by atoms with Crippen molar-refractivity contribution in [1.82, 2.24) is 0 Å². The van der Waals surface area contributed by atoms with Crippen LogP contribution in [0.15, 0.2) is 36.4 Å². The van der Waals surface area contributed by atoms with Gasteiger partial charge in [0.25, 0.3) is 0 Å². The smallest absolute Gasteiger partial charge is 1.00 e. The van der Waals surface area contributed by atoms with Crippen LogP contribution in [0.5, 0.6) is 0 Å². The number of hydrogen-bond acceptors (Lipinski definition) is 0. The number of fused-ring (bicyclic) bond motifs is 1. The Morgan fingerprint density at radius 2 is 1.84 bits per heavy atom. The molecular formula is C16H20Cl2Zr. The molecule has 0 saturated heterocycles. The average molecular weight is 374 g/mol. The first-order valence-corrected chi connectivity index (χ1v) is 6.26. The van der Waals surface area contributed by atoms with Gasteiger partial charge in [0.05, 0.1) is 0 Å². The molecule has 3 rings (SSSR count). The second-order valence-electron chi connectivity index (χ2n) is 4.82. The largest absolute Gasteiger partial charge is 4.00 e. The van der Waals surface area contributed by atoms with Crippen LogP contribution in [0.3, 0.4) is 0 Å². The van der Waals surface area contributed by atoms with Crippen molar-refractivity contribution in [3.05, 3.63) is 53.6 Å². The molecule has 102 valence electrons. The first-order chi connectivity index (χ1) is 7.79. The predicted octanol–water partition coefficient (Wildman–Crippen LogP) is -1.28. The maximum Gasteiger partial charge on any atom is 4.00 e. The fraction of sp³-hybridized carbons (Fsp3) is 0.438. The molecule has 0 radical (unpaired) electrons. The molecule has 1 aromatic rings. The Morgan fingerprint density at radius 1 is 1.16 bits per heavy atom. The average Bonchev–Trinajstić information content (AvgIpc) is 2.94. The van der Waals surface area contributed by atoms with Crippen molar-refractivity contribution in [2.45, 2.75) is 44.9 Å². The van der Waals surface area contributed by atoms with Crippen LogP contribution in [-0.4, -0.2) is 0 Å². The second kappa shape index (κ2) is 11.0. The van der Waals surface area contributed by atoms with Crippen LogP contribution in [0.4, 0.5) is 0 Å². The van der Waals surface area contributed by atoms with Crippen molar-refractivity contribution in [2.75, 3.05) is 0 Å². The van der Waals surface area contributed by atoms with Gasteiger partial charge in [-0.2, -0.15) is 29.3 Å². The summed E-state index contributed by atoms with van der Waals surface area (Å²) in [6, 6.07) is 6.77. The van der Waals surface area contributed by atoms with Crippen molar-refractivity contribution in [1.29, 1.82) is 0 Å². The zero-order valence-electron chi connectivity index (χ0n) is 11.5. The van der Waals surface area contributed by atoms with Gasteiger partial charge >= 0.3 is 26.2 Å². The first-order valence-electron chi connectivity index (χ1n) is 6.26. The minimum atomic E-state index is 0. The van der Waals surface area contributed by atoms with Crippen LogP contribution in [-0.2, 0) is 26.2 Å². The Labute approximate surface area is 149 Å². The van der Waals surface area contributed by atoms with Gasteiger partial charge < -0.3 is 24.8 Å². The van der Waals surface area contributed by atoms with E-state index in [9.17, 15) is 0 Å². The van der Waals surface area contributed by atoms with Crippen LogP contribution in [0.2, 0.25) is 0 Å². The molecular weight excluding hydrogens is 354 g/mol. The molecule has 2 atom stereocenters. The second-order valence-corrected chi connectivity index (χ2v) is 4.82. The van der Waals surface area contributed by atoms with Crippen LogP contribution in [0.25, 0.3) is 0 Å². The fourth-order valence-electron chi connectivity index (χ4n) is 2.50. The van der Waals surface area contributed by atoms with Gasteiger partial charge in [0.2, 0.25) is 0 Å². The van der Waals surface area contributed by atoms with Gasteiger partial charge in [0.1, 0.15) is 0 Å². The molecule has 0 saturated carbocycles. The number of rotatable bonds is 0. The summed E-state index contributed by atoms with van der Waals surface area (Å²) in [6.45, 7) is 4.68. The topological polar surface area (TPSA) is 0 Å². The summed E-state index contributed by atoms with van der Waals surface area (Å²) in [5, 5.41) is 0. The van der Waals surface area contributed by atoms with E-state index in [-0.39, 0.29) is 51.0 Å². The quantitative estimate of drug-likeness (QED) is 0.496. The third-order valence-corrected chi connectivity index (χ3v) is 3.57. The molecule has 0 aromatic heterocycles. The Bertz CT molecular complexity index is 359. The van der Waals surface area contributed by atoms with Crippen molar-refractivity contribution in [3.63, 3.8) is 0 Å². The maximum atomic E-state index is 2.99. The summed E-state index contributed by atoms with van der Waals surface area (Å²) in [5.41, 5.74) is 3.20. The van der Waals surface area contributed by atoms with E-state index >= 15 is 0 Å². The standard InChI is InChI=1S/C11H15.C5H5.2ClH.Zr/c1-8-6-7-9(2)11-5-3-4-10(8)11;1-2-4-5-3-1;;;/h3-5,8-9H,6-7H2,1-2H3;1-3H,4H2;2*1H;/q2*-1;;;+4/p-2. The van der Waals surface area contributed by atoms with Gasteiger partial charge in [-0.15, -0.1) is 6.42 Å². The molecule has 0 N–H and O–H groups in total. The van der Waals surface area contributed by atoms with E-state index in [1.165, 1.54) is 12.8 Å². The Morgan fingerprint density at radius 3 is 2.32 bits per heavy atom. The van der Waals surface area contributed by atoms with Crippen molar-refractivity contribution < 1.29 is 51.0 Å². The summed E-state index contributed by atoms with van der Waals surface area (Å²) in [5.74, 6) is 1.60. The van der Waals surface area contributed by atoms with Gasteiger partial charge in [0, 0.05) is 0 Å². The molecule has 0 spiro atoms. The zero-order chi connectivity index (χ0) is 11.4. The maximum absolute atomic E-state index is 2.99. The molecule has 3 heteroatoms. The summed E-state index contributed by atoms with van der Waals surface area (Å²) in [4.78, 5) is 0. The summed E-state index contributed by atoms with van der Waals surface area (Å²) >= 11 is 0. The molecule has 0 amide bonds. The molecule has 0 heterocycles. The van der Waals surface area contributed by atoms with E-state index in [1.54, 1.807) is 11.1 Å². The zero-order valence-corrected chi connectivity index (χ0v) is 15.5. The number of halogens is 2. The van der Waals surface area contributed by atoms with E-state index in [0.717, 1.165) is 18.3 Å². The van der Waals surface area contributed by atoms with Crippen molar-refractivity contribution >= 4 is 0 Å². The molecule has 0 fully saturated rings. The van der Waals surface area contributed by atoms with Crippen molar-refractivity contribution in [3.8, 4) is 0 Å². The SMILES string of the molecule is CC1CCC(C)c2[cH-]ccc21.[C-]1=CC=CC1.[Cl-].[Cl-].[Zr+4]. The molecule has 2 aliphatic carbocycles. The molecule has 0 bridgehead atoms. The molecule has 2 aliphatic rings. The van der Waals surface area contributed by atoms with Crippen LogP contribution < -0.4 is 24.8 Å². The van der Waals surface area contributed by atoms with Gasteiger partial charge in [0.15, 0.2) is 0 Å². The van der Waals surface area contributed by atoms with Crippen molar-refractivity contribution in [2.24, 2.45) is 0 Å². The van der Waals surface area contributed by atoms with E-state index in [4.69, 9.17) is 0 Å². The molecule has 0 aliphatic heterocycles. The van der Waals surface area contributed by atoms with E-state index in [0.29, 0.717) is 0 Å². The summed E-state index contributed by atoms with van der Waals surface area (Å²) < 4.78 is 0. The molecule has 2 unspecified atom stereocenters. The van der Waals surface area contributed by atoms with Crippen LogP contribution in [0, 0.1) is 6.08 Å². The Kier molecular flexibility index (Phi) is 12.5.